The summed E-state index contributed by atoms with van der Waals surface area (Å²) in [5, 5.41) is 21.5. The number of hydrogen-bond donors (Lipinski definition) is 2. The van der Waals surface area contributed by atoms with Crippen molar-refractivity contribution in [2.75, 3.05) is 19.8 Å². The molecule has 2 aliphatic rings. The predicted octanol–water partition coefficient (Wildman–Crippen LogP) is 4.51. The molecule has 0 bridgehead atoms. The third-order valence-corrected chi connectivity index (χ3v) is 7.00. The summed E-state index contributed by atoms with van der Waals surface area (Å²) >= 11 is 0. The monoisotopic (exact) mass is 482 g/mol. The van der Waals surface area contributed by atoms with Crippen LogP contribution in [0.25, 0.3) is 10.8 Å². The predicted molar refractivity (Wildman–Crippen MR) is 131 cm³/mol. The summed E-state index contributed by atoms with van der Waals surface area (Å²) in [5.74, 6) is -1.30. The minimum Gasteiger partial charge on any atom is -0.488 e. The third-order valence-electron chi connectivity index (χ3n) is 7.00. The highest BCUT2D eigenvalue weighted by atomic mass is 16.8. The Morgan fingerprint density at radius 1 is 1.11 bits per heavy atom. The van der Waals surface area contributed by atoms with Gasteiger partial charge in [-0.15, -0.1) is 0 Å². The lowest BCUT2D eigenvalue weighted by Gasteiger charge is -2.30. The number of benzene rings is 2. The Balaban J connectivity index is 1.33. The number of ketones is 1. The van der Waals surface area contributed by atoms with Crippen LogP contribution in [-0.4, -0.2) is 53.7 Å². The van der Waals surface area contributed by atoms with Gasteiger partial charge in [0.25, 0.3) is 0 Å². The molecule has 0 radical (unpaired) electrons. The molecule has 7 heteroatoms. The summed E-state index contributed by atoms with van der Waals surface area (Å²) in [6.07, 6.45) is 6.41. The Kier molecular flexibility index (Phi) is 8.55. The van der Waals surface area contributed by atoms with Gasteiger partial charge in [-0.25, -0.2) is 0 Å². The standard InChI is InChI=1S/C28H34O7/c29-25-18-26(30)24(23(25)9-3-1-2-4-10-27(31)32)13-14-28(34-15-16-35-28)19-33-22-12-11-20-7-5-6-8-21(20)17-22/h1,3,5-8,11-12,17,23-24,26,30H,2,4,9-10,13-16,18-19H2,(H,31,32)/b3-1-/t23-,24-,26-/m1/s1. The average molecular weight is 483 g/mol. The van der Waals surface area contributed by atoms with Crippen molar-refractivity contribution >= 4 is 22.5 Å². The van der Waals surface area contributed by atoms with Crippen LogP contribution in [0.1, 0.15) is 44.9 Å². The van der Waals surface area contributed by atoms with Crippen LogP contribution in [0, 0.1) is 11.8 Å². The maximum absolute atomic E-state index is 12.5. The number of carbonyl (C=O) groups is 2. The molecule has 1 saturated carbocycles. The van der Waals surface area contributed by atoms with E-state index in [1.54, 1.807) is 0 Å². The summed E-state index contributed by atoms with van der Waals surface area (Å²) in [5.41, 5.74) is 0. The van der Waals surface area contributed by atoms with Gasteiger partial charge in [-0.3, -0.25) is 9.59 Å². The van der Waals surface area contributed by atoms with Gasteiger partial charge in [0.05, 0.1) is 19.3 Å². The van der Waals surface area contributed by atoms with E-state index in [1.807, 2.05) is 48.6 Å². The number of aliphatic carboxylic acids is 1. The molecule has 4 rings (SSSR count). The first kappa shape index (κ1) is 25.4. The molecule has 0 unspecified atom stereocenters. The van der Waals surface area contributed by atoms with Crippen LogP contribution in [0.4, 0.5) is 0 Å². The zero-order chi connectivity index (χ0) is 24.7. The summed E-state index contributed by atoms with van der Waals surface area (Å²) in [6, 6.07) is 14.0. The van der Waals surface area contributed by atoms with E-state index in [1.165, 1.54) is 0 Å². The van der Waals surface area contributed by atoms with Gasteiger partial charge >= 0.3 is 5.97 Å². The lowest BCUT2D eigenvalue weighted by Crippen LogP contribution is -2.38. The number of carboxylic acid groups (broad SMARTS) is 1. The van der Waals surface area contributed by atoms with Gasteiger partial charge in [0.15, 0.2) is 0 Å². The summed E-state index contributed by atoms with van der Waals surface area (Å²) in [6.45, 7) is 1.20. The van der Waals surface area contributed by atoms with Crippen molar-refractivity contribution in [2.24, 2.45) is 11.8 Å². The molecule has 3 atom stereocenters. The van der Waals surface area contributed by atoms with Crippen LogP contribution in [-0.2, 0) is 19.1 Å². The van der Waals surface area contributed by atoms with Gasteiger partial charge in [-0.05, 0) is 54.5 Å². The van der Waals surface area contributed by atoms with E-state index >= 15 is 0 Å². The first-order valence-corrected chi connectivity index (χ1v) is 12.4. The van der Waals surface area contributed by atoms with Gasteiger partial charge in [0.1, 0.15) is 18.1 Å². The molecule has 188 valence electrons. The number of ether oxygens (including phenoxy) is 3. The summed E-state index contributed by atoms with van der Waals surface area (Å²) in [4.78, 5) is 23.2. The molecule has 7 nitrogen and oxygen atoms in total. The number of Topliss-reactive ketones (excluding diaryl/α,β-unsaturated/α-hetero) is 1. The van der Waals surface area contributed by atoms with Gasteiger partial charge < -0.3 is 24.4 Å². The molecule has 2 N–H and O–H groups in total. The number of hydrogen-bond acceptors (Lipinski definition) is 6. The second-order valence-electron chi connectivity index (χ2n) is 9.45. The SMILES string of the molecule is O=C(O)CCC/C=C\C[C@H]1C(=O)C[C@@H](O)[C@@H]1CCC1(COc2ccc3ccccc3c2)OCCO1. The first-order valence-electron chi connectivity index (χ1n) is 12.4. The van der Waals surface area contributed by atoms with Crippen molar-refractivity contribution in [3.05, 3.63) is 54.6 Å². The van der Waals surface area contributed by atoms with E-state index in [-0.39, 0.29) is 37.1 Å². The van der Waals surface area contributed by atoms with E-state index in [0.29, 0.717) is 45.3 Å². The lowest BCUT2D eigenvalue weighted by atomic mass is 9.86. The molecular weight excluding hydrogens is 448 g/mol. The van der Waals surface area contributed by atoms with Gasteiger partial charge in [-0.1, -0.05) is 42.5 Å². The van der Waals surface area contributed by atoms with Crippen LogP contribution in [0.3, 0.4) is 0 Å². The van der Waals surface area contributed by atoms with E-state index < -0.39 is 17.9 Å². The lowest BCUT2D eigenvalue weighted by molar-refractivity contribution is -0.185. The van der Waals surface area contributed by atoms with Gasteiger partial charge in [-0.2, -0.15) is 0 Å². The number of fused-ring (bicyclic) bond motifs is 1. The number of aliphatic hydroxyl groups excluding tert-OH is 1. The molecule has 1 saturated heterocycles. The average Bonchev–Trinajstić information content (AvgIpc) is 3.42. The molecule has 0 aromatic heterocycles. The maximum Gasteiger partial charge on any atom is 0.303 e. The van der Waals surface area contributed by atoms with Crippen molar-refractivity contribution in [2.45, 2.75) is 56.8 Å². The zero-order valence-corrected chi connectivity index (χ0v) is 19.9. The highest BCUT2D eigenvalue weighted by molar-refractivity contribution is 5.84. The van der Waals surface area contributed by atoms with Crippen LogP contribution in [0.2, 0.25) is 0 Å². The Labute approximate surface area is 205 Å². The number of allylic oxidation sites excluding steroid dienone is 2. The van der Waals surface area contributed by atoms with Gasteiger partial charge in [0.2, 0.25) is 5.79 Å². The molecule has 1 heterocycles. The van der Waals surface area contributed by atoms with Crippen LogP contribution < -0.4 is 4.74 Å². The molecule has 2 fully saturated rings. The second-order valence-corrected chi connectivity index (χ2v) is 9.45. The van der Waals surface area contributed by atoms with Crippen molar-refractivity contribution in [3.63, 3.8) is 0 Å². The number of aliphatic hydroxyl groups is 1. The molecule has 1 aliphatic carbocycles. The number of unbranched alkanes of at least 4 members (excludes halogenated alkanes) is 1. The van der Waals surface area contributed by atoms with E-state index in [0.717, 1.165) is 16.5 Å². The Morgan fingerprint density at radius 3 is 2.66 bits per heavy atom. The molecule has 2 aromatic rings. The fraction of sp³-hybridized carbons (Fsp3) is 0.500. The normalized spacial score (nSPS) is 23.9. The van der Waals surface area contributed by atoms with Crippen molar-refractivity contribution in [1.29, 1.82) is 0 Å². The molecule has 0 spiro atoms. The highest BCUT2D eigenvalue weighted by Gasteiger charge is 2.44. The number of carboxylic acids is 1. The molecule has 1 aliphatic heterocycles. The largest absolute Gasteiger partial charge is 0.488 e. The van der Waals surface area contributed by atoms with Crippen molar-refractivity contribution in [1.82, 2.24) is 0 Å². The van der Waals surface area contributed by atoms with Gasteiger partial charge in [0, 0.05) is 25.2 Å². The van der Waals surface area contributed by atoms with Crippen LogP contribution in [0.5, 0.6) is 5.75 Å². The van der Waals surface area contributed by atoms with Crippen LogP contribution in [0.15, 0.2) is 54.6 Å². The molecular formula is C28H34O7. The summed E-state index contributed by atoms with van der Waals surface area (Å²) < 4.78 is 18.0. The van der Waals surface area contributed by atoms with E-state index in [2.05, 4.69) is 6.07 Å². The summed E-state index contributed by atoms with van der Waals surface area (Å²) in [7, 11) is 0. The van der Waals surface area contributed by atoms with Crippen LogP contribution >= 0.6 is 0 Å². The maximum atomic E-state index is 12.5. The smallest absolute Gasteiger partial charge is 0.303 e. The van der Waals surface area contributed by atoms with E-state index in [4.69, 9.17) is 19.3 Å². The molecule has 35 heavy (non-hydrogen) atoms. The second kappa shape index (κ2) is 11.8. The fourth-order valence-electron chi connectivity index (χ4n) is 5.08. The Morgan fingerprint density at radius 2 is 1.89 bits per heavy atom. The van der Waals surface area contributed by atoms with Crippen molar-refractivity contribution in [3.8, 4) is 5.75 Å². The topological polar surface area (TPSA) is 102 Å². The zero-order valence-electron chi connectivity index (χ0n) is 19.9. The highest BCUT2D eigenvalue weighted by Crippen LogP contribution is 2.38. The third kappa shape index (κ3) is 6.69. The number of carbonyl (C=O) groups excluding carboxylic acids is 1. The quantitative estimate of drug-likeness (QED) is 0.339. The fourth-order valence-corrected chi connectivity index (χ4v) is 5.08. The minimum absolute atomic E-state index is 0.0763. The minimum atomic E-state index is -0.895. The number of rotatable bonds is 12. The Bertz CT molecular complexity index is 1040. The molecule has 2 aromatic carbocycles. The van der Waals surface area contributed by atoms with E-state index in [9.17, 15) is 14.7 Å². The molecule has 0 amide bonds. The van der Waals surface area contributed by atoms with Crippen molar-refractivity contribution < 1.29 is 34.0 Å². The first-order chi connectivity index (χ1) is 17.0. The Hall–Kier alpha value is -2.74.